The Morgan fingerprint density at radius 3 is 2.74 bits per heavy atom. The molecule has 120 valence electrons. The molecule has 0 unspecified atom stereocenters. The van der Waals surface area contributed by atoms with Crippen LogP contribution in [0.2, 0.25) is 0 Å². The molecule has 3 rings (SSSR count). The number of hydrogen-bond acceptors (Lipinski definition) is 3. The summed E-state index contributed by atoms with van der Waals surface area (Å²) in [6, 6.07) is 9.87. The molecule has 0 saturated carbocycles. The van der Waals surface area contributed by atoms with Crippen molar-refractivity contribution in [3.63, 3.8) is 0 Å². The molecule has 1 aromatic heterocycles. The summed E-state index contributed by atoms with van der Waals surface area (Å²) in [5.41, 5.74) is 2.19. The number of amides is 2. The zero-order chi connectivity index (χ0) is 16.2. The molecule has 1 atom stereocenters. The lowest BCUT2D eigenvalue weighted by molar-refractivity contribution is -0.128. The lowest BCUT2D eigenvalue weighted by Gasteiger charge is -2.13. The average molecular weight is 312 g/mol. The highest BCUT2D eigenvalue weighted by Crippen LogP contribution is 2.16. The van der Waals surface area contributed by atoms with Crippen LogP contribution in [0.5, 0.6) is 0 Å². The third-order valence-corrected chi connectivity index (χ3v) is 4.17. The van der Waals surface area contributed by atoms with Crippen molar-refractivity contribution < 1.29 is 9.59 Å². The summed E-state index contributed by atoms with van der Waals surface area (Å²) in [5.74, 6) is -0.272. The van der Waals surface area contributed by atoms with E-state index in [0.717, 1.165) is 11.1 Å². The topological polar surface area (TPSA) is 67.2 Å². The molecule has 0 bridgehead atoms. The molecule has 1 fully saturated rings. The molecule has 1 N–H and O–H groups in total. The van der Waals surface area contributed by atoms with Gasteiger partial charge in [0.05, 0.1) is 12.5 Å². The molecule has 0 aliphatic carbocycles. The number of hydrogen-bond donors (Lipinski definition) is 1. The van der Waals surface area contributed by atoms with E-state index in [1.54, 1.807) is 18.1 Å². The van der Waals surface area contributed by atoms with Crippen molar-refractivity contribution in [2.45, 2.75) is 19.5 Å². The standard InChI is InChI=1S/C17H20N4O2/c1-20-11-15(9-16(20)22)17(23)18-10-13-5-2-3-6-14(13)12-21-8-4-7-19-21/h2-8,15H,9-12H2,1H3,(H,18,23)/t15-/m1/s1. The fourth-order valence-electron chi connectivity index (χ4n) is 2.82. The first kappa shape index (κ1) is 15.3. The number of carbonyl (C=O) groups excluding carboxylic acids is 2. The van der Waals surface area contributed by atoms with Crippen molar-refractivity contribution in [1.82, 2.24) is 20.0 Å². The predicted octanol–water partition coefficient (Wildman–Crippen LogP) is 1.03. The van der Waals surface area contributed by atoms with Crippen molar-refractivity contribution in [1.29, 1.82) is 0 Å². The fourth-order valence-corrected chi connectivity index (χ4v) is 2.82. The molecular weight excluding hydrogens is 292 g/mol. The molecule has 23 heavy (non-hydrogen) atoms. The molecule has 1 aliphatic rings. The molecule has 2 aromatic rings. The number of benzene rings is 1. The molecule has 1 saturated heterocycles. The highest BCUT2D eigenvalue weighted by atomic mass is 16.2. The molecule has 1 aliphatic heterocycles. The zero-order valence-electron chi connectivity index (χ0n) is 13.1. The Balaban J connectivity index is 1.62. The van der Waals surface area contributed by atoms with E-state index >= 15 is 0 Å². The second kappa shape index (κ2) is 6.64. The van der Waals surface area contributed by atoms with Gasteiger partial charge in [-0.15, -0.1) is 0 Å². The van der Waals surface area contributed by atoms with Gasteiger partial charge in [0.1, 0.15) is 0 Å². The van der Waals surface area contributed by atoms with Crippen LogP contribution in [0.1, 0.15) is 17.5 Å². The van der Waals surface area contributed by atoms with Crippen molar-refractivity contribution in [2.24, 2.45) is 5.92 Å². The first-order chi connectivity index (χ1) is 11.1. The number of likely N-dealkylation sites (tertiary alicyclic amines) is 1. The van der Waals surface area contributed by atoms with Gasteiger partial charge in [-0.2, -0.15) is 5.10 Å². The van der Waals surface area contributed by atoms with Crippen LogP contribution in [0.25, 0.3) is 0 Å². The van der Waals surface area contributed by atoms with E-state index in [2.05, 4.69) is 10.4 Å². The minimum Gasteiger partial charge on any atom is -0.352 e. The third-order valence-electron chi connectivity index (χ3n) is 4.17. The number of rotatable bonds is 5. The van der Waals surface area contributed by atoms with Crippen molar-refractivity contribution in [3.05, 3.63) is 53.9 Å². The van der Waals surface area contributed by atoms with Crippen molar-refractivity contribution in [3.8, 4) is 0 Å². The van der Waals surface area contributed by atoms with Gasteiger partial charge in [0, 0.05) is 39.0 Å². The molecule has 6 nitrogen and oxygen atoms in total. The Morgan fingerprint density at radius 2 is 2.09 bits per heavy atom. The summed E-state index contributed by atoms with van der Waals surface area (Å²) in [5, 5.41) is 7.17. The van der Waals surface area contributed by atoms with Crippen molar-refractivity contribution >= 4 is 11.8 Å². The second-order valence-electron chi connectivity index (χ2n) is 5.87. The maximum atomic E-state index is 12.2. The van der Waals surface area contributed by atoms with E-state index < -0.39 is 0 Å². The Morgan fingerprint density at radius 1 is 1.30 bits per heavy atom. The van der Waals surface area contributed by atoms with Crippen LogP contribution in [-0.2, 0) is 22.7 Å². The largest absolute Gasteiger partial charge is 0.352 e. The molecule has 0 spiro atoms. The van der Waals surface area contributed by atoms with Crippen LogP contribution in [0.3, 0.4) is 0 Å². The zero-order valence-corrected chi connectivity index (χ0v) is 13.1. The molecule has 6 heteroatoms. The first-order valence-electron chi connectivity index (χ1n) is 7.69. The average Bonchev–Trinajstić information content (AvgIpc) is 3.17. The van der Waals surface area contributed by atoms with Crippen LogP contribution in [0, 0.1) is 5.92 Å². The van der Waals surface area contributed by atoms with Gasteiger partial charge in [-0.1, -0.05) is 24.3 Å². The van der Waals surface area contributed by atoms with Crippen LogP contribution in [-0.4, -0.2) is 40.1 Å². The minimum absolute atomic E-state index is 0.0317. The molecule has 2 heterocycles. The molecule has 0 radical (unpaired) electrons. The smallest absolute Gasteiger partial charge is 0.225 e. The number of carbonyl (C=O) groups is 2. The van der Waals surface area contributed by atoms with Gasteiger partial charge in [0.15, 0.2) is 0 Å². The minimum atomic E-state index is -0.245. The maximum absolute atomic E-state index is 12.2. The van der Waals surface area contributed by atoms with E-state index in [0.29, 0.717) is 26.1 Å². The van der Waals surface area contributed by atoms with Gasteiger partial charge in [-0.25, -0.2) is 0 Å². The van der Waals surface area contributed by atoms with Gasteiger partial charge < -0.3 is 10.2 Å². The Kier molecular flexibility index (Phi) is 4.41. The van der Waals surface area contributed by atoms with E-state index in [1.807, 2.05) is 41.2 Å². The predicted molar refractivity (Wildman–Crippen MR) is 85.4 cm³/mol. The summed E-state index contributed by atoms with van der Waals surface area (Å²) in [4.78, 5) is 25.4. The Hall–Kier alpha value is -2.63. The maximum Gasteiger partial charge on any atom is 0.225 e. The normalized spacial score (nSPS) is 17.5. The number of nitrogens with one attached hydrogen (secondary N) is 1. The van der Waals surface area contributed by atoms with Crippen LogP contribution >= 0.6 is 0 Å². The van der Waals surface area contributed by atoms with Gasteiger partial charge >= 0.3 is 0 Å². The lowest BCUT2D eigenvalue weighted by atomic mass is 10.1. The van der Waals surface area contributed by atoms with E-state index in [9.17, 15) is 9.59 Å². The second-order valence-corrected chi connectivity index (χ2v) is 5.87. The van der Waals surface area contributed by atoms with Gasteiger partial charge in [0.25, 0.3) is 0 Å². The van der Waals surface area contributed by atoms with E-state index in [-0.39, 0.29) is 17.7 Å². The fraction of sp³-hybridized carbons (Fsp3) is 0.353. The molecule has 2 amide bonds. The Labute approximate surface area is 135 Å². The van der Waals surface area contributed by atoms with Gasteiger partial charge in [0.2, 0.25) is 11.8 Å². The summed E-state index contributed by atoms with van der Waals surface area (Å²) in [7, 11) is 1.73. The third kappa shape index (κ3) is 3.59. The highest BCUT2D eigenvalue weighted by molar-refractivity contribution is 5.89. The summed E-state index contributed by atoms with van der Waals surface area (Å²) in [6.45, 7) is 1.63. The molecule has 1 aromatic carbocycles. The number of aromatic nitrogens is 2. The van der Waals surface area contributed by atoms with Crippen molar-refractivity contribution in [2.75, 3.05) is 13.6 Å². The van der Waals surface area contributed by atoms with E-state index in [4.69, 9.17) is 0 Å². The SMILES string of the molecule is CN1C[C@H](C(=O)NCc2ccccc2Cn2cccn2)CC1=O. The highest BCUT2D eigenvalue weighted by Gasteiger charge is 2.31. The first-order valence-corrected chi connectivity index (χ1v) is 7.69. The van der Waals surface area contributed by atoms with Gasteiger partial charge in [-0.05, 0) is 17.2 Å². The quantitative estimate of drug-likeness (QED) is 0.896. The molecular formula is C17H20N4O2. The monoisotopic (exact) mass is 312 g/mol. The summed E-state index contributed by atoms with van der Waals surface area (Å²) in [6.07, 6.45) is 3.96. The van der Waals surface area contributed by atoms with Gasteiger partial charge in [-0.3, -0.25) is 14.3 Å². The van der Waals surface area contributed by atoms with Crippen LogP contribution in [0.15, 0.2) is 42.7 Å². The summed E-state index contributed by atoms with van der Waals surface area (Å²) >= 11 is 0. The van der Waals surface area contributed by atoms with E-state index in [1.165, 1.54) is 0 Å². The number of nitrogens with zero attached hydrogens (tertiary/aromatic N) is 3. The van der Waals surface area contributed by atoms with Crippen LogP contribution in [0.4, 0.5) is 0 Å². The lowest BCUT2D eigenvalue weighted by Crippen LogP contribution is -2.32. The van der Waals surface area contributed by atoms with Crippen LogP contribution < -0.4 is 5.32 Å². The Bertz CT molecular complexity index is 696. The summed E-state index contributed by atoms with van der Waals surface area (Å²) < 4.78 is 1.85.